The Hall–Kier alpha value is 0.310. The summed E-state index contributed by atoms with van der Waals surface area (Å²) in [5.41, 5.74) is 0. The summed E-state index contributed by atoms with van der Waals surface area (Å²) in [5.74, 6) is 0. The number of rotatable bonds is 40. The fourth-order valence-corrected chi connectivity index (χ4v) is 10.5. The summed E-state index contributed by atoms with van der Waals surface area (Å²) in [6, 6.07) is 0. The van der Waals surface area contributed by atoms with Gasteiger partial charge in [0.2, 0.25) is 0 Å². The SMILES string of the molecule is CCCCCCCCCCCCCP(O)(CCCCCCCCCCCCC)(OCCCCCCCC)OCCCCCCCC. The van der Waals surface area contributed by atoms with Gasteiger partial charge in [-0.05, 0) is 0 Å². The molecule has 0 aromatic heterocycles. The zero-order chi connectivity index (χ0) is 33.7. The molecule has 0 bridgehead atoms. The zero-order valence-corrected chi connectivity index (χ0v) is 33.5. The van der Waals surface area contributed by atoms with Gasteiger partial charge < -0.3 is 0 Å². The molecular formula is C42H89O3P. The minimum absolute atomic E-state index is 0.674. The van der Waals surface area contributed by atoms with Crippen molar-refractivity contribution in [3.05, 3.63) is 0 Å². The third-order valence-electron chi connectivity index (χ3n) is 10.2. The van der Waals surface area contributed by atoms with E-state index in [1.54, 1.807) is 0 Å². The molecule has 0 radical (unpaired) electrons. The molecule has 280 valence electrons. The first-order valence-electron chi connectivity index (χ1n) is 21.6. The molecule has 0 aromatic carbocycles. The summed E-state index contributed by atoms with van der Waals surface area (Å²) in [6.45, 7) is 10.5. The van der Waals surface area contributed by atoms with E-state index in [1.807, 2.05) is 0 Å². The van der Waals surface area contributed by atoms with Crippen LogP contribution in [0.1, 0.15) is 246 Å². The van der Waals surface area contributed by atoms with Crippen LogP contribution >= 0.6 is 7.28 Å². The van der Waals surface area contributed by atoms with Crippen LogP contribution < -0.4 is 0 Å². The van der Waals surface area contributed by atoms with Crippen LogP contribution in [0.15, 0.2) is 0 Å². The number of hydrogen-bond donors (Lipinski definition) is 1. The van der Waals surface area contributed by atoms with E-state index in [9.17, 15) is 4.89 Å². The van der Waals surface area contributed by atoms with E-state index >= 15 is 0 Å². The van der Waals surface area contributed by atoms with Crippen molar-refractivity contribution >= 4 is 7.28 Å². The van der Waals surface area contributed by atoms with Crippen molar-refractivity contribution in [2.75, 3.05) is 25.5 Å². The molecule has 0 rings (SSSR count). The van der Waals surface area contributed by atoms with Gasteiger partial charge in [-0.25, -0.2) is 0 Å². The average Bonchev–Trinajstić information content (AvgIpc) is 3.05. The maximum absolute atomic E-state index is 12.6. The van der Waals surface area contributed by atoms with E-state index < -0.39 is 7.28 Å². The Morgan fingerprint density at radius 1 is 0.283 bits per heavy atom. The predicted octanol–water partition coefficient (Wildman–Crippen LogP) is 15.7. The second-order valence-electron chi connectivity index (χ2n) is 15.0. The Balaban J connectivity index is 4.95. The van der Waals surface area contributed by atoms with Crippen LogP contribution in [0.3, 0.4) is 0 Å². The van der Waals surface area contributed by atoms with E-state index in [0.717, 1.165) is 38.0 Å². The van der Waals surface area contributed by atoms with Gasteiger partial charge in [0.1, 0.15) is 0 Å². The summed E-state index contributed by atoms with van der Waals surface area (Å²) in [6.07, 6.45) is 45.7. The number of hydrogen-bond acceptors (Lipinski definition) is 3. The van der Waals surface area contributed by atoms with Crippen molar-refractivity contribution < 1.29 is 13.9 Å². The Morgan fingerprint density at radius 3 is 0.717 bits per heavy atom. The summed E-state index contributed by atoms with van der Waals surface area (Å²) >= 11 is 0. The molecular weight excluding hydrogens is 583 g/mol. The Labute approximate surface area is 292 Å². The first kappa shape index (κ1) is 46.3. The molecule has 4 heteroatoms. The molecule has 46 heavy (non-hydrogen) atoms. The van der Waals surface area contributed by atoms with E-state index in [2.05, 4.69) is 27.7 Å². The van der Waals surface area contributed by atoms with Gasteiger partial charge in [-0.15, -0.1) is 0 Å². The quantitative estimate of drug-likeness (QED) is 0.0520. The molecule has 0 saturated carbocycles. The van der Waals surface area contributed by atoms with Crippen LogP contribution in [0.25, 0.3) is 0 Å². The molecule has 0 atom stereocenters. The molecule has 0 aliphatic rings. The molecule has 0 amide bonds. The van der Waals surface area contributed by atoms with Crippen molar-refractivity contribution in [3.63, 3.8) is 0 Å². The van der Waals surface area contributed by atoms with Crippen LogP contribution in [0.2, 0.25) is 0 Å². The Kier molecular flexibility index (Phi) is 35.4. The van der Waals surface area contributed by atoms with Crippen molar-refractivity contribution in [1.29, 1.82) is 0 Å². The number of unbranched alkanes of at least 4 members (excludes halogenated alkanes) is 30. The van der Waals surface area contributed by atoms with Gasteiger partial charge >= 0.3 is 279 Å². The van der Waals surface area contributed by atoms with Gasteiger partial charge in [0.25, 0.3) is 0 Å². The van der Waals surface area contributed by atoms with Gasteiger partial charge in [0, 0.05) is 0 Å². The average molecular weight is 673 g/mol. The predicted molar refractivity (Wildman–Crippen MR) is 210 cm³/mol. The van der Waals surface area contributed by atoms with Gasteiger partial charge in [-0.3, -0.25) is 0 Å². The Bertz CT molecular complexity index is 535. The minimum atomic E-state index is -3.64. The zero-order valence-electron chi connectivity index (χ0n) is 32.6. The van der Waals surface area contributed by atoms with Crippen molar-refractivity contribution in [3.8, 4) is 0 Å². The van der Waals surface area contributed by atoms with Crippen LogP contribution in [0.4, 0.5) is 0 Å². The summed E-state index contributed by atoms with van der Waals surface area (Å²) in [5, 5.41) is 0. The van der Waals surface area contributed by atoms with Crippen LogP contribution in [0.5, 0.6) is 0 Å². The molecule has 1 N–H and O–H groups in total. The second-order valence-corrected chi connectivity index (χ2v) is 18.9. The topological polar surface area (TPSA) is 38.7 Å². The summed E-state index contributed by atoms with van der Waals surface area (Å²) < 4.78 is 13.4. The van der Waals surface area contributed by atoms with E-state index in [4.69, 9.17) is 9.05 Å². The van der Waals surface area contributed by atoms with Crippen LogP contribution in [0, 0.1) is 0 Å². The molecule has 0 unspecified atom stereocenters. The van der Waals surface area contributed by atoms with Gasteiger partial charge in [0.05, 0.1) is 0 Å². The third kappa shape index (κ3) is 30.4. The fourth-order valence-electron chi connectivity index (χ4n) is 6.89. The molecule has 0 aromatic rings. The molecule has 3 nitrogen and oxygen atoms in total. The summed E-state index contributed by atoms with van der Waals surface area (Å²) in [7, 11) is -3.64. The van der Waals surface area contributed by atoms with E-state index in [-0.39, 0.29) is 0 Å². The van der Waals surface area contributed by atoms with Crippen LogP contribution in [-0.4, -0.2) is 30.4 Å². The first-order chi connectivity index (χ1) is 22.5. The van der Waals surface area contributed by atoms with Crippen molar-refractivity contribution in [2.24, 2.45) is 0 Å². The van der Waals surface area contributed by atoms with E-state index in [1.165, 1.54) is 193 Å². The molecule has 0 aliphatic heterocycles. The van der Waals surface area contributed by atoms with Crippen LogP contribution in [-0.2, 0) is 9.05 Å². The summed E-state index contributed by atoms with van der Waals surface area (Å²) in [4.78, 5) is 12.6. The van der Waals surface area contributed by atoms with Crippen molar-refractivity contribution in [2.45, 2.75) is 246 Å². The van der Waals surface area contributed by atoms with E-state index in [0.29, 0.717) is 13.2 Å². The molecule has 0 saturated heterocycles. The molecule has 0 aliphatic carbocycles. The molecule has 0 fully saturated rings. The third-order valence-corrected chi connectivity index (χ3v) is 14.1. The molecule has 0 heterocycles. The van der Waals surface area contributed by atoms with Gasteiger partial charge in [-0.2, -0.15) is 0 Å². The van der Waals surface area contributed by atoms with Crippen molar-refractivity contribution in [1.82, 2.24) is 0 Å². The molecule has 0 spiro atoms. The maximum atomic E-state index is 12.6. The second kappa shape index (κ2) is 35.1. The normalized spacial score (nSPS) is 12.9. The Morgan fingerprint density at radius 2 is 0.478 bits per heavy atom. The standard InChI is InChI=1S/C42H89O3P/c1-5-9-13-17-21-23-25-27-29-33-37-41-46(43,44-39-35-31-19-15-11-7-3,45-40-36-32-20-16-12-8-4)42-38-34-30-28-26-24-22-18-14-10-6-2/h43H,5-42H2,1-4H3. The first-order valence-corrected chi connectivity index (χ1v) is 24.0. The monoisotopic (exact) mass is 673 g/mol. The fraction of sp³-hybridized carbons (Fsp3) is 1.00. The van der Waals surface area contributed by atoms with Gasteiger partial charge in [-0.1, -0.05) is 13.8 Å². The van der Waals surface area contributed by atoms with Gasteiger partial charge in [0.15, 0.2) is 0 Å².